The van der Waals surface area contributed by atoms with Crippen molar-refractivity contribution >= 4 is 44.8 Å². The normalized spacial score (nSPS) is 11.8. The fraction of sp³-hybridized carbons (Fsp3) is 0.0769. The molecule has 0 saturated heterocycles. The van der Waals surface area contributed by atoms with Gasteiger partial charge in [-0.1, -0.05) is 54.6 Å². The summed E-state index contributed by atoms with van der Waals surface area (Å²) in [5, 5.41) is 15.0. The van der Waals surface area contributed by atoms with Crippen molar-refractivity contribution in [1.82, 2.24) is 9.55 Å². The van der Waals surface area contributed by atoms with Crippen LogP contribution in [0.2, 0.25) is 0 Å². The minimum Gasteiger partial charge on any atom is -0.341 e. The summed E-state index contributed by atoms with van der Waals surface area (Å²) in [5.41, 5.74) is 6.01. The summed E-state index contributed by atoms with van der Waals surface area (Å²) in [4.78, 5) is 4.70. The average molecular weight is 406 g/mol. The highest BCUT2D eigenvalue weighted by Gasteiger charge is 2.12. The molecule has 0 aliphatic rings. The summed E-state index contributed by atoms with van der Waals surface area (Å²) < 4.78 is 2.33. The van der Waals surface area contributed by atoms with Gasteiger partial charge in [0.25, 0.3) is 0 Å². The van der Waals surface area contributed by atoms with E-state index in [1.165, 1.54) is 33.1 Å². The van der Waals surface area contributed by atoms with Gasteiger partial charge in [-0.15, -0.1) is 11.3 Å². The molecule has 0 amide bonds. The summed E-state index contributed by atoms with van der Waals surface area (Å²) >= 11 is 1.50. The van der Waals surface area contributed by atoms with E-state index in [0.29, 0.717) is 5.57 Å². The van der Waals surface area contributed by atoms with E-state index in [9.17, 15) is 5.26 Å². The summed E-state index contributed by atoms with van der Waals surface area (Å²) in [6.07, 6.45) is 1.94. The number of fused-ring (bicyclic) bond motifs is 3. The molecule has 0 spiro atoms. The quantitative estimate of drug-likeness (QED) is 0.302. The molecular formula is C26H19N3S. The van der Waals surface area contributed by atoms with Crippen LogP contribution in [0, 0.1) is 11.3 Å². The molecule has 0 aliphatic carbocycles. The first-order valence-corrected chi connectivity index (χ1v) is 10.8. The number of thiazole rings is 1. The molecular weight excluding hydrogens is 386 g/mol. The molecule has 0 unspecified atom stereocenters. The molecule has 30 heavy (non-hydrogen) atoms. The maximum absolute atomic E-state index is 9.79. The first-order valence-electron chi connectivity index (χ1n) is 9.92. The topological polar surface area (TPSA) is 41.6 Å². The van der Waals surface area contributed by atoms with Crippen LogP contribution in [0.25, 0.3) is 44.7 Å². The Labute approximate surface area is 179 Å². The highest BCUT2D eigenvalue weighted by Crippen LogP contribution is 2.31. The molecule has 3 aromatic carbocycles. The van der Waals surface area contributed by atoms with Crippen LogP contribution in [0.3, 0.4) is 0 Å². The maximum Gasteiger partial charge on any atom is 0.134 e. The molecule has 0 fully saturated rings. The van der Waals surface area contributed by atoms with E-state index in [-0.39, 0.29) is 0 Å². The second kappa shape index (κ2) is 7.62. The van der Waals surface area contributed by atoms with E-state index in [2.05, 4.69) is 60.0 Å². The SMILES string of the molecule is CCn1c2ccccc2c2cc(C=C(C#N)c3nc(-c4ccccc4)cs3)ccc21. The number of para-hydroxylation sites is 1. The molecule has 0 atom stereocenters. The van der Waals surface area contributed by atoms with Gasteiger partial charge in [-0.05, 0) is 36.8 Å². The van der Waals surface area contributed by atoms with Crippen molar-refractivity contribution in [2.24, 2.45) is 0 Å². The highest BCUT2D eigenvalue weighted by molar-refractivity contribution is 7.11. The molecule has 2 aromatic heterocycles. The Morgan fingerprint density at radius 2 is 1.77 bits per heavy atom. The van der Waals surface area contributed by atoms with E-state index < -0.39 is 0 Å². The predicted octanol–water partition coefficient (Wildman–Crippen LogP) is 7.00. The van der Waals surface area contributed by atoms with Gasteiger partial charge in [0.05, 0.1) is 11.3 Å². The van der Waals surface area contributed by atoms with Crippen molar-refractivity contribution in [3.05, 3.63) is 88.7 Å². The Bertz CT molecular complexity index is 1430. The molecule has 0 saturated carbocycles. The van der Waals surface area contributed by atoms with Crippen LogP contribution in [-0.4, -0.2) is 9.55 Å². The van der Waals surface area contributed by atoms with Gasteiger partial charge in [-0.3, -0.25) is 0 Å². The van der Waals surface area contributed by atoms with E-state index in [4.69, 9.17) is 4.98 Å². The average Bonchev–Trinajstić information content (AvgIpc) is 3.41. The van der Waals surface area contributed by atoms with Crippen LogP contribution >= 0.6 is 11.3 Å². The van der Waals surface area contributed by atoms with Gasteiger partial charge >= 0.3 is 0 Å². The summed E-state index contributed by atoms with van der Waals surface area (Å²) in [7, 11) is 0. The van der Waals surface area contributed by atoms with Gasteiger partial charge < -0.3 is 4.57 Å². The number of aromatic nitrogens is 2. The molecule has 4 heteroatoms. The lowest BCUT2D eigenvalue weighted by Gasteiger charge is -2.03. The van der Waals surface area contributed by atoms with Crippen molar-refractivity contribution in [2.45, 2.75) is 13.5 Å². The Morgan fingerprint density at radius 3 is 2.57 bits per heavy atom. The van der Waals surface area contributed by atoms with E-state index >= 15 is 0 Å². The van der Waals surface area contributed by atoms with Crippen molar-refractivity contribution in [2.75, 3.05) is 0 Å². The van der Waals surface area contributed by atoms with Crippen LogP contribution in [0.4, 0.5) is 0 Å². The molecule has 0 bridgehead atoms. The first-order chi connectivity index (χ1) is 14.8. The number of hydrogen-bond donors (Lipinski definition) is 0. The first kappa shape index (κ1) is 18.4. The number of allylic oxidation sites excluding steroid dienone is 1. The monoisotopic (exact) mass is 405 g/mol. The third kappa shape index (κ3) is 3.10. The molecule has 2 heterocycles. The van der Waals surface area contributed by atoms with Crippen molar-refractivity contribution in [3.8, 4) is 17.3 Å². The van der Waals surface area contributed by atoms with Crippen LogP contribution in [0.1, 0.15) is 17.5 Å². The van der Waals surface area contributed by atoms with Gasteiger partial charge in [0.2, 0.25) is 0 Å². The Hall–Kier alpha value is -3.68. The predicted molar refractivity (Wildman–Crippen MR) is 126 cm³/mol. The standard InChI is InChI=1S/C26H19N3S/c1-2-29-24-11-7-6-10-21(24)22-15-18(12-13-25(22)29)14-20(16-27)26-28-23(17-30-26)19-8-4-3-5-9-19/h3-15,17H,2H2,1H3. The molecule has 144 valence electrons. The number of aryl methyl sites for hydroxylation is 1. The van der Waals surface area contributed by atoms with Crippen LogP contribution in [-0.2, 0) is 6.54 Å². The minimum absolute atomic E-state index is 0.584. The Kier molecular flexibility index (Phi) is 4.66. The molecule has 0 radical (unpaired) electrons. The second-order valence-corrected chi connectivity index (χ2v) is 7.97. The number of rotatable bonds is 4. The van der Waals surface area contributed by atoms with Crippen molar-refractivity contribution < 1.29 is 0 Å². The molecule has 5 rings (SSSR count). The summed E-state index contributed by atoms with van der Waals surface area (Å²) in [6, 6.07) is 27.3. The largest absolute Gasteiger partial charge is 0.341 e. The number of benzene rings is 3. The smallest absolute Gasteiger partial charge is 0.134 e. The highest BCUT2D eigenvalue weighted by atomic mass is 32.1. The Balaban J connectivity index is 1.59. The van der Waals surface area contributed by atoms with Gasteiger partial charge in [-0.25, -0.2) is 4.98 Å². The summed E-state index contributed by atoms with van der Waals surface area (Å²) in [6.45, 7) is 3.09. The lowest BCUT2D eigenvalue weighted by Crippen LogP contribution is -1.92. The van der Waals surface area contributed by atoms with E-state index in [1.54, 1.807) is 0 Å². The zero-order valence-corrected chi connectivity index (χ0v) is 17.4. The molecule has 5 aromatic rings. The third-order valence-electron chi connectivity index (χ3n) is 5.35. The third-order valence-corrected chi connectivity index (χ3v) is 6.22. The van der Waals surface area contributed by atoms with Crippen molar-refractivity contribution in [3.63, 3.8) is 0 Å². The van der Waals surface area contributed by atoms with Crippen LogP contribution in [0.15, 0.2) is 78.2 Å². The fourth-order valence-corrected chi connectivity index (χ4v) is 4.74. The lowest BCUT2D eigenvalue weighted by atomic mass is 10.1. The second-order valence-electron chi connectivity index (χ2n) is 7.11. The zero-order chi connectivity index (χ0) is 20.5. The minimum atomic E-state index is 0.584. The molecule has 0 N–H and O–H groups in total. The number of nitrogens with zero attached hydrogens (tertiary/aromatic N) is 3. The Morgan fingerprint density at radius 1 is 1.00 bits per heavy atom. The van der Waals surface area contributed by atoms with Crippen molar-refractivity contribution in [1.29, 1.82) is 5.26 Å². The van der Waals surface area contributed by atoms with Gasteiger partial charge in [0.15, 0.2) is 0 Å². The maximum atomic E-state index is 9.79. The lowest BCUT2D eigenvalue weighted by molar-refractivity contribution is 0.827. The van der Waals surface area contributed by atoms with E-state index in [1.807, 2.05) is 41.8 Å². The number of nitriles is 1. The van der Waals surface area contributed by atoms with Gasteiger partial charge in [-0.2, -0.15) is 5.26 Å². The number of hydrogen-bond acceptors (Lipinski definition) is 3. The fourth-order valence-electron chi connectivity index (χ4n) is 3.95. The van der Waals surface area contributed by atoms with Crippen LogP contribution < -0.4 is 0 Å². The molecule has 0 aliphatic heterocycles. The zero-order valence-electron chi connectivity index (χ0n) is 16.5. The summed E-state index contributed by atoms with van der Waals surface area (Å²) in [5.74, 6) is 0. The van der Waals surface area contributed by atoms with Gasteiger partial charge in [0.1, 0.15) is 11.1 Å². The van der Waals surface area contributed by atoms with Crippen LogP contribution in [0.5, 0.6) is 0 Å². The molecule has 3 nitrogen and oxygen atoms in total. The van der Waals surface area contributed by atoms with Gasteiger partial charge in [0, 0.05) is 39.3 Å². The van der Waals surface area contributed by atoms with E-state index in [0.717, 1.165) is 28.4 Å².